The van der Waals surface area contributed by atoms with Gasteiger partial charge < -0.3 is 4.90 Å². The van der Waals surface area contributed by atoms with Crippen molar-refractivity contribution in [1.29, 1.82) is 0 Å². The van der Waals surface area contributed by atoms with Gasteiger partial charge >= 0.3 is 0 Å². The minimum atomic E-state index is 1.02. The molecular weight excluding hydrogens is 665 g/mol. The summed E-state index contributed by atoms with van der Waals surface area (Å²) in [6, 6.07) is 70.6. The Balaban J connectivity index is 1.12. The molecule has 10 aromatic rings. The Kier molecular flexibility index (Phi) is 7.21. The normalized spacial score (nSPS) is 11.6. The maximum absolute atomic E-state index is 4.50. The van der Waals surface area contributed by atoms with Gasteiger partial charge in [-0.1, -0.05) is 164 Å². The number of benzene rings is 9. The van der Waals surface area contributed by atoms with Gasteiger partial charge in [0.15, 0.2) is 0 Å². The van der Waals surface area contributed by atoms with Crippen molar-refractivity contribution >= 4 is 49.4 Å². The number of hydrogen-bond donors (Lipinski definition) is 0. The van der Waals surface area contributed by atoms with E-state index >= 15 is 0 Å². The van der Waals surface area contributed by atoms with Crippen molar-refractivity contribution in [3.05, 3.63) is 207 Å². The zero-order chi connectivity index (χ0) is 36.3. The highest BCUT2D eigenvalue weighted by molar-refractivity contribution is 6.28. The third kappa shape index (κ3) is 4.92. The summed E-state index contributed by atoms with van der Waals surface area (Å²) in [6.45, 7) is 0. The minimum Gasteiger partial charge on any atom is -0.308 e. The van der Waals surface area contributed by atoms with Gasteiger partial charge in [-0.25, -0.2) is 0 Å². The van der Waals surface area contributed by atoms with E-state index in [1.54, 1.807) is 0 Å². The van der Waals surface area contributed by atoms with Gasteiger partial charge in [-0.05, 0) is 113 Å². The Bertz CT molecular complexity index is 2960. The van der Waals surface area contributed by atoms with Crippen LogP contribution in [-0.4, -0.2) is 4.98 Å². The van der Waals surface area contributed by atoms with Crippen LogP contribution in [0.5, 0.6) is 0 Å². The van der Waals surface area contributed by atoms with E-state index in [1.807, 2.05) is 18.5 Å². The number of nitrogens with zero attached hydrogens (tertiary/aromatic N) is 2. The molecule has 2 nitrogen and oxygen atoms in total. The minimum absolute atomic E-state index is 1.02. The van der Waals surface area contributed by atoms with Crippen LogP contribution in [0.1, 0.15) is 0 Å². The average molecular weight is 699 g/mol. The van der Waals surface area contributed by atoms with Gasteiger partial charge in [0, 0.05) is 17.3 Å². The van der Waals surface area contributed by atoms with Gasteiger partial charge in [-0.2, -0.15) is 0 Å². The zero-order valence-corrected chi connectivity index (χ0v) is 30.0. The number of anilines is 3. The van der Waals surface area contributed by atoms with E-state index < -0.39 is 0 Å². The largest absolute Gasteiger partial charge is 0.308 e. The van der Waals surface area contributed by atoms with Crippen LogP contribution in [-0.2, 0) is 0 Å². The Hall–Kier alpha value is -7.29. The second kappa shape index (κ2) is 12.7. The molecule has 2 heteroatoms. The number of hydrogen-bond acceptors (Lipinski definition) is 2. The molecular formula is C53H34N2. The average Bonchev–Trinajstić information content (AvgIpc) is 3.59. The lowest BCUT2D eigenvalue weighted by molar-refractivity contribution is 1.24. The smallest absolute Gasteiger partial charge is 0.0645 e. The van der Waals surface area contributed by atoms with Crippen LogP contribution >= 0.6 is 0 Å². The first-order chi connectivity index (χ1) is 27.3. The SMILES string of the molecule is c1ccc(-c2c3c(c(-c4ccccc4)c4ccccc24)-c2ccc(-c4ccc(N(c5cccnc5)c5cccc6ccccc56)cc4)c4cccc-3c24)cc1. The molecule has 1 heterocycles. The van der Waals surface area contributed by atoms with Crippen LogP contribution < -0.4 is 4.90 Å². The third-order valence-electron chi connectivity index (χ3n) is 11.3. The van der Waals surface area contributed by atoms with Crippen molar-refractivity contribution in [1.82, 2.24) is 4.98 Å². The Morgan fingerprint density at radius 3 is 1.56 bits per heavy atom. The molecule has 0 atom stereocenters. The fourth-order valence-corrected chi connectivity index (χ4v) is 8.97. The summed E-state index contributed by atoms with van der Waals surface area (Å²) in [5.41, 5.74) is 15.9. The van der Waals surface area contributed by atoms with E-state index in [9.17, 15) is 0 Å². The molecule has 0 amide bonds. The summed E-state index contributed by atoms with van der Waals surface area (Å²) in [7, 11) is 0. The first kappa shape index (κ1) is 31.3. The lowest BCUT2D eigenvalue weighted by Gasteiger charge is -2.26. The molecule has 0 saturated heterocycles. The van der Waals surface area contributed by atoms with E-state index in [2.05, 4.69) is 198 Å². The van der Waals surface area contributed by atoms with Crippen molar-refractivity contribution in [3.8, 4) is 55.6 Å². The monoisotopic (exact) mass is 698 g/mol. The Morgan fingerprint density at radius 2 is 0.891 bits per heavy atom. The third-order valence-corrected chi connectivity index (χ3v) is 11.3. The molecule has 0 unspecified atom stereocenters. The molecule has 9 aromatic carbocycles. The molecule has 256 valence electrons. The van der Waals surface area contributed by atoms with Crippen molar-refractivity contribution in [3.63, 3.8) is 0 Å². The fraction of sp³-hybridized carbons (Fsp3) is 0. The second-order valence-corrected chi connectivity index (χ2v) is 14.3. The molecule has 55 heavy (non-hydrogen) atoms. The van der Waals surface area contributed by atoms with E-state index in [1.165, 1.54) is 88.0 Å². The summed E-state index contributed by atoms with van der Waals surface area (Å²) >= 11 is 0. The lowest BCUT2D eigenvalue weighted by Crippen LogP contribution is -2.10. The molecule has 0 bridgehead atoms. The highest BCUT2D eigenvalue weighted by Crippen LogP contribution is 2.58. The molecule has 0 saturated carbocycles. The number of fused-ring (bicyclic) bond motifs is 5. The molecule has 0 spiro atoms. The van der Waals surface area contributed by atoms with Gasteiger partial charge in [-0.3, -0.25) is 4.98 Å². The summed E-state index contributed by atoms with van der Waals surface area (Å²) in [4.78, 5) is 6.81. The predicted molar refractivity (Wildman–Crippen MR) is 232 cm³/mol. The van der Waals surface area contributed by atoms with E-state index in [0.29, 0.717) is 0 Å². The molecule has 0 radical (unpaired) electrons. The predicted octanol–water partition coefficient (Wildman–Crippen LogP) is 14.7. The fourth-order valence-electron chi connectivity index (χ4n) is 8.97. The number of rotatable bonds is 6. The van der Waals surface area contributed by atoms with E-state index in [-0.39, 0.29) is 0 Å². The van der Waals surface area contributed by atoms with Crippen LogP contribution in [0.25, 0.3) is 88.0 Å². The highest BCUT2D eigenvalue weighted by atomic mass is 15.1. The molecule has 0 fully saturated rings. The summed E-state index contributed by atoms with van der Waals surface area (Å²) in [5.74, 6) is 0. The Morgan fingerprint density at radius 1 is 0.327 bits per heavy atom. The van der Waals surface area contributed by atoms with E-state index in [4.69, 9.17) is 0 Å². The maximum Gasteiger partial charge on any atom is 0.0645 e. The highest BCUT2D eigenvalue weighted by Gasteiger charge is 2.31. The quantitative estimate of drug-likeness (QED) is 0.172. The van der Waals surface area contributed by atoms with Crippen molar-refractivity contribution in [2.75, 3.05) is 4.90 Å². The maximum atomic E-state index is 4.50. The van der Waals surface area contributed by atoms with Crippen molar-refractivity contribution < 1.29 is 0 Å². The number of aromatic nitrogens is 1. The number of pyridine rings is 1. The summed E-state index contributed by atoms with van der Waals surface area (Å²) < 4.78 is 0. The first-order valence-corrected chi connectivity index (χ1v) is 18.9. The van der Waals surface area contributed by atoms with Gasteiger partial charge in [0.25, 0.3) is 0 Å². The molecule has 1 aromatic heterocycles. The van der Waals surface area contributed by atoms with Crippen LogP contribution in [0, 0.1) is 0 Å². The zero-order valence-electron chi connectivity index (χ0n) is 30.0. The Labute approximate surface area is 320 Å². The van der Waals surface area contributed by atoms with Crippen LogP contribution in [0.15, 0.2) is 207 Å². The van der Waals surface area contributed by atoms with Gasteiger partial charge in [0.1, 0.15) is 0 Å². The van der Waals surface area contributed by atoms with Crippen LogP contribution in [0.3, 0.4) is 0 Å². The van der Waals surface area contributed by atoms with Crippen LogP contribution in [0.2, 0.25) is 0 Å². The second-order valence-electron chi connectivity index (χ2n) is 14.3. The standard InChI is InChI=1S/C53H34N2/c1-3-15-37(16-4-1)49-44-22-9-10-23-45(44)50(38-17-5-2-6-18-38)53-47-32-31-41(43-24-12-25-46(51(43)47)52(49)53)36-27-29-39(30-28-36)55(40-20-13-33-54-34-40)48-26-11-19-35-14-7-8-21-42(35)48/h1-34H. The first-order valence-electron chi connectivity index (χ1n) is 18.9. The van der Waals surface area contributed by atoms with Gasteiger partial charge in [0.05, 0.1) is 17.6 Å². The molecule has 0 aliphatic heterocycles. The molecule has 1 aliphatic rings. The molecule has 11 rings (SSSR count). The molecule has 1 aliphatic carbocycles. The summed E-state index contributed by atoms with van der Waals surface area (Å²) in [6.07, 6.45) is 3.77. The topological polar surface area (TPSA) is 16.1 Å². The van der Waals surface area contributed by atoms with Gasteiger partial charge in [0.2, 0.25) is 0 Å². The summed E-state index contributed by atoms with van der Waals surface area (Å²) in [5, 5.41) is 7.53. The van der Waals surface area contributed by atoms with Crippen molar-refractivity contribution in [2.24, 2.45) is 0 Å². The van der Waals surface area contributed by atoms with E-state index in [0.717, 1.165) is 17.1 Å². The molecule has 0 N–H and O–H groups in total. The van der Waals surface area contributed by atoms with Crippen molar-refractivity contribution in [2.45, 2.75) is 0 Å². The van der Waals surface area contributed by atoms with Crippen LogP contribution in [0.4, 0.5) is 17.1 Å². The van der Waals surface area contributed by atoms with Gasteiger partial charge in [-0.15, -0.1) is 0 Å². The lowest BCUT2D eigenvalue weighted by atomic mass is 9.82.